The molecule has 1 rings (SSSR count). The van der Waals surface area contributed by atoms with Gasteiger partial charge in [-0.25, -0.2) is 4.79 Å². The van der Waals surface area contributed by atoms with Crippen LogP contribution in [0.2, 0.25) is 0 Å². The third-order valence-corrected chi connectivity index (χ3v) is 3.51. The van der Waals surface area contributed by atoms with Crippen molar-refractivity contribution in [2.24, 2.45) is 0 Å². The molecular formula is C14H21NO4S. The highest BCUT2D eigenvalue weighted by molar-refractivity contribution is 7.12. The molecule has 20 heavy (non-hydrogen) atoms. The fraction of sp³-hybridized carbons (Fsp3) is 0.571. The van der Waals surface area contributed by atoms with E-state index in [-0.39, 0.29) is 6.42 Å². The topological polar surface area (TPSA) is 75.6 Å². The van der Waals surface area contributed by atoms with E-state index in [1.807, 2.05) is 19.9 Å². The Labute approximate surface area is 123 Å². The predicted molar refractivity (Wildman–Crippen MR) is 78.2 cm³/mol. The lowest BCUT2D eigenvalue weighted by Crippen LogP contribution is -2.35. The minimum absolute atomic E-state index is 0.170. The summed E-state index contributed by atoms with van der Waals surface area (Å²) in [7, 11) is 0. The first-order valence-electron chi connectivity index (χ1n) is 6.36. The highest BCUT2D eigenvalue weighted by atomic mass is 32.1. The fourth-order valence-corrected chi connectivity index (χ4v) is 2.85. The molecule has 1 aromatic heterocycles. The summed E-state index contributed by atoms with van der Waals surface area (Å²) in [4.78, 5) is 24.9. The molecule has 1 amide bonds. The molecule has 0 saturated carbocycles. The number of nitrogens with one attached hydrogen (secondary N) is 1. The number of thiophene rings is 1. The van der Waals surface area contributed by atoms with E-state index in [1.54, 1.807) is 32.1 Å². The minimum atomic E-state index is -0.964. The van der Waals surface area contributed by atoms with Crippen LogP contribution in [0.15, 0.2) is 6.07 Å². The molecule has 112 valence electrons. The number of carbonyl (C=O) groups is 2. The normalized spacial score (nSPS) is 12.8. The van der Waals surface area contributed by atoms with Crippen LogP contribution in [0.4, 0.5) is 4.79 Å². The second kappa shape index (κ2) is 6.26. The molecule has 0 bridgehead atoms. The Morgan fingerprint density at radius 1 is 1.40 bits per heavy atom. The Kier molecular flexibility index (Phi) is 5.16. The lowest BCUT2D eigenvalue weighted by Gasteiger charge is -2.23. The molecule has 1 aromatic rings. The van der Waals surface area contributed by atoms with Crippen LogP contribution in [0, 0.1) is 13.8 Å². The Morgan fingerprint density at radius 2 is 2.00 bits per heavy atom. The number of carboxylic acid groups (broad SMARTS) is 1. The summed E-state index contributed by atoms with van der Waals surface area (Å²) in [5.74, 6) is -0.964. The molecule has 0 saturated heterocycles. The highest BCUT2D eigenvalue weighted by Crippen LogP contribution is 2.28. The molecule has 1 atom stereocenters. The number of hydrogen-bond donors (Lipinski definition) is 2. The molecule has 0 aliphatic carbocycles. The Balaban J connectivity index is 2.88. The SMILES string of the molecule is Cc1cc([C@H](CC(=O)O)NC(=O)OC(C)(C)C)c(C)s1. The highest BCUT2D eigenvalue weighted by Gasteiger charge is 2.24. The number of alkyl carbamates (subject to hydrolysis) is 1. The van der Waals surface area contributed by atoms with E-state index in [9.17, 15) is 9.59 Å². The van der Waals surface area contributed by atoms with Gasteiger partial charge in [-0.15, -0.1) is 11.3 Å². The molecule has 1 heterocycles. The summed E-state index contributed by atoms with van der Waals surface area (Å²) in [6, 6.07) is 1.33. The summed E-state index contributed by atoms with van der Waals surface area (Å²) < 4.78 is 5.18. The van der Waals surface area contributed by atoms with E-state index < -0.39 is 23.7 Å². The molecule has 6 heteroatoms. The van der Waals surface area contributed by atoms with Gasteiger partial charge in [0.05, 0.1) is 12.5 Å². The molecule has 0 unspecified atom stereocenters. The van der Waals surface area contributed by atoms with E-state index in [4.69, 9.17) is 9.84 Å². The molecule has 0 spiro atoms. The first kappa shape index (κ1) is 16.5. The number of aliphatic carboxylic acids is 1. The Morgan fingerprint density at radius 3 is 2.40 bits per heavy atom. The van der Waals surface area contributed by atoms with Crippen molar-refractivity contribution >= 4 is 23.4 Å². The first-order valence-corrected chi connectivity index (χ1v) is 7.18. The Bertz CT molecular complexity index is 502. The molecular weight excluding hydrogens is 278 g/mol. The van der Waals surface area contributed by atoms with E-state index in [0.29, 0.717) is 0 Å². The summed E-state index contributed by atoms with van der Waals surface area (Å²) in [5.41, 5.74) is 0.220. The van der Waals surface area contributed by atoms with Gasteiger partial charge in [0.25, 0.3) is 0 Å². The van der Waals surface area contributed by atoms with Crippen molar-refractivity contribution in [3.63, 3.8) is 0 Å². The average Bonchev–Trinajstić information content (AvgIpc) is 2.53. The zero-order valence-corrected chi connectivity index (χ0v) is 13.3. The van der Waals surface area contributed by atoms with Crippen molar-refractivity contribution in [1.82, 2.24) is 5.32 Å². The van der Waals surface area contributed by atoms with Crippen LogP contribution in [-0.4, -0.2) is 22.8 Å². The van der Waals surface area contributed by atoms with Gasteiger partial charge in [0.15, 0.2) is 0 Å². The van der Waals surface area contributed by atoms with E-state index in [1.165, 1.54) is 0 Å². The average molecular weight is 299 g/mol. The number of carbonyl (C=O) groups excluding carboxylic acids is 1. The number of aryl methyl sites for hydroxylation is 2. The third-order valence-electron chi connectivity index (χ3n) is 2.52. The van der Waals surface area contributed by atoms with Gasteiger partial charge in [-0.1, -0.05) is 0 Å². The van der Waals surface area contributed by atoms with Crippen LogP contribution >= 0.6 is 11.3 Å². The van der Waals surface area contributed by atoms with E-state index >= 15 is 0 Å². The lowest BCUT2D eigenvalue weighted by atomic mass is 10.0. The first-order chi connectivity index (χ1) is 9.08. The molecule has 2 N–H and O–H groups in total. The number of carboxylic acids is 1. The Hall–Kier alpha value is -1.56. The van der Waals surface area contributed by atoms with E-state index in [0.717, 1.165) is 15.3 Å². The van der Waals surface area contributed by atoms with E-state index in [2.05, 4.69) is 5.32 Å². The molecule has 0 aromatic carbocycles. The summed E-state index contributed by atoms with van der Waals surface area (Å²) in [6.45, 7) is 9.15. The van der Waals surface area contributed by atoms with Crippen LogP contribution in [0.1, 0.15) is 48.6 Å². The monoisotopic (exact) mass is 299 g/mol. The van der Waals surface area contributed by atoms with Crippen LogP contribution in [0.25, 0.3) is 0 Å². The van der Waals surface area contributed by atoms with Crippen LogP contribution in [0.5, 0.6) is 0 Å². The van der Waals surface area contributed by atoms with Crippen LogP contribution < -0.4 is 5.32 Å². The maximum Gasteiger partial charge on any atom is 0.408 e. The number of rotatable bonds is 4. The van der Waals surface area contributed by atoms with Gasteiger partial charge in [-0.2, -0.15) is 0 Å². The van der Waals surface area contributed by atoms with Crippen molar-refractivity contribution in [3.05, 3.63) is 21.4 Å². The van der Waals surface area contributed by atoms with Gasteiger partial charge in [-0.05, 0) is 46.2 Å². The summed E-state index contributed by atoms with van der Waals surface area (Å²) >= 11 is 1.58. The number of amides is 1. The molecule has 0 fully saturated rings. The van der Waals surface area contributed by atoms with Crippen molar-refractivity contribution in [1.29, 1.82) is 0 Å². The van der Waals surface area contributed by atoms with Crippen LogP contribution in [-0.2, 0) is 9.53 Å². The van der Waals surface area contributed by atoms with Gasteiger partial charge in [0.2, 0.25) is 0 Å². The maximum absolute atomic E-state index is 11.8. The van der Waals surface area contributed by atoms with Gasteiger partial charge in [-0.3, -0.25) is 4.79 Å². The summed E-state index contributed by atoms with van der Waals surface area (Å²) in [6.07, 6.45) is -0.775. The van der Waals surface area contributed by atoms with Crippen molar-refractivity contribution in [3.8, 4) is 0 Å². The molecule has 5 nitrogen and oxygen atoms in total. The minimum Gasteiger partial charge on any atom is -0.481 e. The number of ether oxygens (including phenoxy) is 1. The van der Waals surface area contributed by atoms with Gasteiger partial charge in [0.1, 0.15) is 5.60 Å². The predicted octanol–water partition coefficient (Wildman–Crippen LogP) is 3.41. The fourth-order valence-electron chi connectivity index (χ4n) is 1.86. The quantitative estimate of drug-likeness (QED) is 0.893. The number of hydrogen-bond acceptors (Lipinski definition) is 4. The standard InChI is InChI=1S/C14H21NO4S/c1-8-6-10(9(2)20-8)11(7-12(16)17)15-13(18)19-14(3,4)5/h6,11H,7H2,1-5H3,(H,15,18)(H,16,17)/t11-/m0/s1. The second-order valence-corrected chi connectivity index (χ2v) is 7.13. The van der Waals surface area contributed by atoms with Crippen molar-refractivity contribution in [2.75, 3.05) is 0 Å². The second-order valence-electron chi connectivity index (χ2n) is 5.67. The molecule has 0 aliphatic rings. The van der Waals surface area contributed by atoms with Gasteiger partial charge >= 0.3 is 12.1 Å². The third kappa shape index (κ3) is 5.21. The smallest absolute Gasteiger partial charge is 0.408 e. The molecule has 0 aliphatic heterocycles. The largest absolute Gasteiger partial charge is 0.481 e. The zero-order valence-electron chi connectivity index (χ0n) is 12.4. The maximum atomic E-state index is 11.8. The lowest BCUT2D eigenvalue weighted by molar-refractivity contribution is -0.137. The summed E-state index contributed by atoms with van der Waals surface area (Å²) in [5, 5.41) is 11.6. The van der Waals surface area contributed by atoms with Crippen molar-refractivity contribution in [2.45, 2.75) is 52.7 Å². The molecule has 0 radical (unpaired) electrons. The van der Waals surface area contributed by atoms with Gasteiger partial charge < -0.3 is 15.2 Å². The van der Waals surface area contributed by atoms with Crippen LogP contribution in [0.3, 0.4) is 0 Å². The van der Waals surface area contributed by atoms with Crippen molar-refractivity contribution < 1.29 is 19.4 Å². The van der Waals surface area contributed by atoms with Gasteiger partial charge in [0, 0.05) is 9.75 Å². The zero-order chi connectivity index (χ0) is 15.5.